The summed E-state index contributed by atoms with van der Waals surface area (Å²) >= 11 is 5.58. The number of hydrogen-bond acceptors (Lipinski definition) is 4. The summed E-state index contributed by atoms with van der Waals surface area (Å²) in [5.74, 6) is 0.705. The fourth-order valence-electron chi connectivity index (χ4n) is 0.971. The molecule has 0 aliphatic heterocycles. The van der Waals surface area contributed by atoms with Gasteiger partial charge in [-0.15, -0.1) is 0 Å². The number of carbonyl (C=O) groups is 1. The van der Waals surface area contributed by atoms with Gasteiger partial charge in [0.2, 0.25) is 0 Å². The molecule has 0 aliphatic rings. The molecule has 92 valence electrons. The molecule has 5 nitrogen and oxygen atoms in total. The van der Waals surface area contributed by atoms with Crippen molar-refractivity contribution in [3.8, 4) is 5.75 Å². The largest absolute Gasteiger partial charge is 0.497 e. The van der Waals surface area contributed by atoms with Gasteiger partial charge in [-0.25, -0.2) is 4.79 Å². The zero-order valence-electron chi connectivity index (χ0n) is 9.57. The van der Waals surface area contributed by atoms with E-state index in [1.165, 1.54) is 0 Å². The zero-order valence-corrected chi connectivity index (χ0v) is 10.3. The van der Waals surface area contributed by atoms with Crippen molar-refractivity contribution < 1.29 is 14.4 Å². The summed E-state index contributed by atoms with van der Waals surface area (Å²) in [6, 6.07) is 6.81. The lowest BCUT2D eigenvalue weighted by Gasteiger charge is -2.04. The van der Waals surface area contributed by atoms with Crippen LogP contribution in [0.1, 0.15) is 13.3 Å². The van der Waals surface area contributed by atoms with Crippen molar-refractivity contribution in [3.63, 3.8) is 0 Å². The molecule has 0 unspecified atom stereocenters. The molecule has 0 radical (unpaired) electrons. The summed E-state index contributed by atoms with van der Waals surface area (Å²) in [6.45, 7) is 1.80. The van der Waals surface area contributed by atoms with Crippen LogP contribution in [0.5, 0.6) is 5.75 Å². The molecule has 6 heteroatoms. The smallest absolute Gasteiger partial charge is 0.437 e. The van der Waals surface area contributed by atoms with E-state index in [-0.39, 0.29) is 5.17 Å². The van der Waals surface area contributed by atoms with Crippen LogP contribution in [-0.2, 0) is 4.84 Å². The van der Waals surface area contributed by atoms with E-state index in [4.69, 9.17) is 16.3 Å². The van der Waals surface area contributed by atoms with Gasteiger partial charge in [0.1, 0.15) is 10.9 Å². The number of nitrogens with zero attached hydrogens (tertiary/aromatic N) is 1. The highest BCUT2D eigenvalue weighted by Gasteiger charge is 2.03. The van der Waals surface area contributed by atoms with Crippen LogP contribution in [0.25, 0.3) is 0 Å². The molecule has 1 N–H and O–H groups in total. The standard InChI is InChI=1S/C11H13ClN2O3/c1-3-10(12)14-17-11(15)13-8-4-6-9(16-2)7-5-8/h4-7H,3H2,1-2H3,(H,13,15)/b14-10-. The molecule has 0 bridgehead atoms. The molecule has 0 heterocycles. The van der Waals surface area contributed by atoms with Gasteiger partial charge in [-0.2, -0.15) is 0 Å². The Morgan fingerprint density at radius 3 is 2.59 bits per heavy atom. The van der Waals surface area contributed by atoms with E-state index in [1.807, 2.05) is 0 Å². The first kappa shape index (κ1) is 13.3. The first-order valence-electron chi connectivity index (χ1n) is 5.00. The van der Waals surface area contributed by atoms with Gasteiger partial charge in [-0.1, -0.05) is 23.7 Å². The van der Waals surface area contributed by atoms with Crippen LogP contribution < -0.4 is 10.1 Å². The van der Waals surface area contributed by atoms with Gasteiger partial charge in [0, 0.05) is 12.1 Å². The Kier molecular flexibility index (Phi) is 5.29. The highest BCUT2D eigenvalue weighted by Crippen LogP contribution is 2.15. The van der Waals surface area contributed by atoms with Crippen molar-refractivity contribution in [1.82, 2.24) is 0 Å². The second kappa shape index (κ2) is 6.75. The number of methoxy groups -OCH3 is 1. The topological polar surface area (TPSA) is 59.9 Å². The van der Waals surface area contributed by atoms with Crippen LogP contribution in [0.15, 0.2) is 29.4 Å². The summed E-state index contributed by atoms with van der Waals surface area (Å²) in [5.41, 5.74) is 0.582. The summed E-state index contributed by atoms with van der Waals surface area (Å²) in [6.07, 6.45) is -0.182. The lowest BCUT2D eigenvalue weighted by atomic mass is 10.3. The Balaban J connectivity index is 2.50. The van der Waals surface area contributed by atoms with Crippen molar-refractivity contribution in [1.29, 1.82) is 0 Å². The Hall–Kier alpha value is -1.75. The molecule has 0 aromatic heterocycles. The van der Waals surface area contributed by atoms with E-state index in [0.717, 1.165) is 0 Å². The van der Waals surface area contributed by atoms with Crippen LogP contribution in [0.3, 0.4) is 0 Å². The molecule has 0 aliphatic carbocycles. The normalized spacial score (nSPS) is 10.9. The van der Waals surface area contributed by atoms with Crippen molar-refractivity contribution in [3.05, 3.63) is 24.3 Å². The molecule has 1 aromatic rings. The first-order valence-corrected chi connectivity index (χ1v) is 5.38. The Bertz CT molecular complexity index is 404. The summed E-state index contributed by atoms with van der Waals surface area (Å²) in [7, 11) is 1.57. The highest BCUT2D eigenvalue weighted by molar-refractivity contribution is 6.65. The molecular formula is C11H13ClN2O3. The van der Waals surface area contributed by atoms with Crippen molar-refractivity contribution in [2.75, 3.05) is 12.4 Å². The minimum Gasteiger partial charge on any atom is -0.497 e. The average Bonchev–Trinajstić information content (AvgIpc) is 2.36. The number of halogens is 1. The van der Waals surface area contributed by atoms with Gasteiger partial charge in [-0.3, -0.25) is 10.2 Å². The molecule has 0 saturated heterocycles. The number of rotatable bonds is 4. The van der Waals surface area contributed by atoms with E-state index in [9.17, 15) is 4.79 Å². The molecule has 0 fully saturated rings. The molecule has 0 atom stereocenters. The van der Waals surface area contributed by atoms with Gasteiger partial charge < -0.3 is 4.74 Å². The molecular weight excluding hydrogens is 244 g/mol. The third kappa shape index (κ3) is 4.74. The maximum atomic E-state index is 11.3. The fourth-order valence-corrected chi connectivity index (χ4v) is 1.01. The SMILES string of the molecule is CC/C(Cl)=N/OC(=O)Nc1ccc(OC)cc1. The molecule has 1 rings (SSSR count). The highest BCUT2D eigenvalue weighted by atomic mass is 35.5. The maximum Gasteiger partial charge on any atom is 0.437 e. The van der Waals surface area contributed by atoms with Crippen molar-refractivity contribution in [2.24, 2.45) is 5.16 Å². The Labute approximate surface area is 104 Å². The third-order valence-corrected chi connectivity index (χ3v) is 2.19. The summed E-state index contributed by atoms with van der Waals surface area (Å²) in [4.78, 5) is 15.8. The quantitative estimate of drug-likeness (QED) is 0.511. The molecule has 17 heavy (non-hydrogen) atoms. The lowest BCUT2D eigenvalue weighted by molar-refractivity contribution is 0.166. The number of nitrogens with one attached hydrogen (secondary N) is 1. The third-order valence-electron chi connectivity index (χ3n) is 1.86. The van der Waals surface area contributed by atoms with Crippen molar-refractivity contribution >= 4 is 28.6 Å². The molecule has 0 spiro atoms. The average molecular weight is 257 g/mol. The number of anilines is 1. The predicted octanol–water partition coefficient (Wildman–Crippen LogP) is 3.21. The molecule has 1 amide bonds. The number of ether oxygens (including phenoxy) is 1. The van der Waals surface area contributed by atoms with Gasteiger partial charge in [0.25, 0.3) is 0 Å². The van der Waals surface area contributed by atoms with Crippen LogP contribution in [-0.4, -0.2) is 18.4 Å². The van der Waals surface area contributed by atoms with Gasteiger partial charge in [0.05, 0.1) is 7.11 Å². The van der Waals surface area contributed by atoms with E-state index in [0.29, 0.717) is 17.9 Å². The summed E-state index contributed by atoms with van der Waals surface area (Å²) < 4.78 is 4.98. The maximum absolute atomic E-state index is 11.3. The van der Waals surface area contributed by atoms with Crippen LogP contribution in [0.2, 0.25) is 0 Å². The van der Waals surface area contributed by atoms with Gasteiger partial charge in [0.15, 0.2) is 0 Å². The Morgan fingerprint density at radius 1 is 1.41 bits per heavy atom. The molecule has 1 aromatic carbocycles. The minimum atomic E-state index is -0.693. The van der Waals surface area contributed by atoms with E-state index in [1.54, 1.807) is 38.3 Å². The minimum absolute atomic E-state index is 0.231. The Morgan fingerprint density at radius 2 is 2.06 bits per heavy atom. The number of amides is 1. The zero-order chi connectivity index (χ0) is 12.7. The predicted molar refractivity (Wildman–Crippen MR) is 66.7 cm³/mol. The monoisotopic (exact) mass is 256 g/mol. The number of benzene rings is 1. The van der Waals surface area contributed by atoms with Crippen LogP contribution in [0.4, 0.5) is 10.5 Å². The van der Waals surface area contributed by atoms with E-state index < -0.39 is 6.09 Å². The second-order valence-electron chi connectivity index (χ2n) is 3.05. The molecule has 0 saturated carbocycles. The number of hydrogen-bond donors (Lipinski definition) is 1. The number of carbonyl (C=O) groups excluding carboxylic acids is 1. The van der Waals surface area contributed by atoms with E-state index >= 15 is 0 Å². The lowest BCUT2D eigenvalue weighted by Crippen LogP contribution is -2.11. The summed E-state index contributed by atoms with van der Waals surface area (Å²) in [5, 5.41) is 6.14. The van der Waals surface area contributed by atoms with Crippen LogP contribution >= 0.6 is 11.6 Å². The van der Waals surface area contributed by atoms with Crippen molar-refractivity contribution in [2.45, 2.75) is 13.3 Å². The van der Waals surface area contributed by atoms with Gasteiger partial charge >= 0.3 is 6.09 Å². The first-order chi connectivity index (χ1) is 8.15. The second-order valence-corrected chi connectivity index (χ2v) is 3.49. The fraction of sp³-hybridized carbons (Fsp3) is 0.273. The number of oxime groups is 1. The van der Waals surface area contributed by atoms with Crippen LogP contribution in [0, 0.1) is 0 Å². The van der Waals surface area contributed by atoms with E-state index in [2.05, 4.69) is 15.3 Å². The van der Waals surface area contributed by atoms with Gasteiger partial charge in [-0.05, 0) is 24.3 Å².